The Bertz CT molecular complexity index is 1100. The van der Waals surface area contributed by atoms with Crippen LogP contribution in [0.2, 0.25) is 5.02 Å². The Morgan fingerprint density at radius 2 is 1.68 bits per heavy atom. The number of benzene rings is 3. The summed E-state index contributed by atoms with van der Waals surface area (Å²) in [4.78, 5) is 12.2. The minimum Gasteiger partial charge on any atom is -0.348 e. The lowest BCUT2D eigenvalue weighted by Gasteiger charge is -2.10. The first-order valence-electron chi connectivity index (χ1n) is 8.25. The second-order valence-electron chi connectivity index (χ2n) is 5.92. The molecule has 144 valence electrons. The van der Waals surface area contributed by atoms with Crippen LogP contribution in [0.3, 0.4) is 0 Å². The molecule has 0 radical (unpaired) electrons. The molecule has 0 unspecified atom stereocenters. The van der Waals surface area contributed by atoms with Crippen molar-refractivity contribution in [1.82, 2.24) is 5.32 Å². The summed E-state index contributed by atoms with van der Waals surface area (Å²) in [5.41, 5.74) is 0.855. The molecular weight excluding hydrogens is 403 g/mol. The molecule has 0 fully saturated rings. The first-order chi connectivity index (χ1) is 13.3. The third kappa shape index (κ3) is 4.88. The summed E-state index contributed by atoms with van der Waals surface area (Å²) in [6.45, 7) is 0.264. The zero-order chi connectivity index (χ0) is 20.1. The van der Waals surface area contributed by atoms with E-state index in [9.17, 15) is 17.6 Å². The summed E-state index contributed by atoms with van der Waals surface area (Å²) in [7, 11) is -4.05. The number of sulfonamides is 1. The van der Waals surface area contributed by atoms with Crippen LogP contribution in [0.15, 0.2) is 77.7 Å². The predicted octanol–water partition coefficient (Wildman–Crippen LogP) is 4.21. The zero-order valence-corrected chi connectivity index (χ0v) is 16.1. The number of carbonyl (C=O) groups is 1. The van der Waals surface area contributed by atoms with Crippen LogP contribution in [0.4, 0.5) is 10.1 Å². The van der Waals surface area contributed by atoms with Crippen LogP contribution in [-0.4, -0.2) is 14.3 Å². The van der Waals surface area contributed by atoms with Gasteiger partial charge >= 0.3 is 0 Å². The number of anilines is 1. The van der Waals surface area contributed by atoms with Gasteiger partial charge in [-0.15, -0.1) is 0 Å². The quantitative estimate of drug-likeness (QED) is 0.629. The van der Waals surface area contributed by atoms with Crippen molar-refractivity contribution >= 4 is 33.2 Å². The summed E-state index contributed by atoms with van der Waals surface area (Å²) in [6, 6.07) is 17.9. The Hall–Kier alpha value is -2.90. The number of rotatable bonds is 6. The van der Waals surface area contributed by atoms with E-state index in [1.807, 2.05) is 0 Å². The van der Waals surface area contributed by atoms with Crippen molar-refractivity contribution in [2.75, 3.05) is 4.72 Å². The topological polar surface area (TPSA) is 75.3 Å². The minimum atomic E-state index is -4.05. The molecule has 0 saturated carbocycles. The second kappa shape index (κ2) is 8.41. The number of hydrogen-bond acceptors (Lipinski definition) is 3. The van der Waals surface area contributed by atoms with E-state index in [0.717, 1.165) is 11.6 Å². The van der Waals surface area contributed by atoms with Gasteiger partial charge in [-0.1, -0.05) is 41.9 Å². The predicted molar refractivity (Wildman–Crippen MR) is 106 cm³/mol. The first kappa shape index (κ1) is 19.9. The van der Waals surface area contributed by atoms with E-state index in [4.69, 9.17) is 11.6 Å². The molecule has 3 rings (SSSR count). The smallest absolute Gasteiger partial charge is 0.262 e. The fourth-order valence-electron chi connectivity index (χ4n) is 2.44. The summed E-state index contributed by atoms with van der Waals surface area (Å²) in [5.74, 6) is -1.12. The summed E-state index contributed by atoms with van der Waals surface area (Å²) < 4.78 is 41.0. The summed E-state index contributed by atoms with van der Waals surface area (Å²) in [5, 5.41) is 3.31. The Balaban J connectivity index is 1.74. The second-order valence-corrected chi connectivity index (χ2v) is 8.04. The average molecular weight is 419 g/mol. The van der Waals surface area contributed by atoms with Gasteiger partial charge in [-0.25, -0.2) is 12.8 Å². The number of nitrogens with one attached hydrogen (secondary N) is 2. The van der Waals surface area contributed by atoms with Gasteiger partial charge in [0.2, 0.25) is 0 Å². The van der Waals surface area contributed by atoms with Gasteiger partial charge in [0.1, 0.15) is 5.82 Å². The van der Waals surface area contributed by atoms with Crippen molar-refractivity contribution in [2.45, 2.75) is 11.4 Å². The highest BCUT2D eigenvalue weighted by Gasteiger charge is 2.18. The molecule has 0 bridgehead atoms. The van der Waals surface area contributed by atoms with Crippen LogP contribution in [-0.2, 0) is 16.6 Å². The molecule has 0 saturated heterocycles. The molecule has 0 heterocycles. The summed E-state index contributed by atoms with van der Waals surface area (Å²) >= 11 is 5.82. The molecule has 0 aliphatic carbocycles. The van der Waals surface area contributed by atoms with Gasteiger partial charge in [0.25, 0.3) is 15.9 Å². The van der Waals surface area contributed by atoms with Crippen molar-refractivity contribution in [3.05, 3.63) is 94.8 Å². The lowest BCUT2D eigenvalue weighted by molar-refractivity contribution is 0.0950. The molecule has 2 N–H and O–H groups in total. The maximum Gasteiger partial charge on any atom is 0.262 e. The van der Waals surface area contributed by atoms with E-state index in [2.05, 4.69) is 10.0 Å². The van der Waals surface area contributed by atoms with E-state index in [-0.39, 0.29) is 22.7 Å². The fourth-order valence-corrected chi connectivity index (χ4v) is 3.68. The molecule has 0 aromatic heterocycles. The molecule has 0 atom stereocenters. The monoisotopic (exact) mass is 418 g/mol. The van der Waals surface area contributed by atoms with E-state index >= 15 is 0 Å². The molecule has 3 aromatic rings. The zero-order valence-electron chi connectivity index (χ0n) is 14.5. The van der Waals surface area contributed by atoms with Gasteiger partial charge in [0.05, 0.1) is 10.6 Å². The maximum atomic E-state index is 13.7. The molecular formula is C20H16ClFN2O3S. The van der Waals surface area contributed by atoms with Crippen LogP contribution in [0, 0.1) is 5.82 Å². The van der Waals surface area contributed by atoms with E-state index < -0.39 is 21.7 Å². The SMILES string of the molecule is O=C(NCc1ccc(Cl)cc1)c1cccc(S(=O)(=O)Nc2ccccc2F)c1. The van der Waals surface area contributed by atoms with Crippen LogP contribution in [0.1, 0.15) is 15.9 Å². The molecule has 1 amide bonds. The summed E-state index contributed by atoms with van der Waals surface area (Å²) in [6.07, 6.45) is 0. The van der Waals surface area contributed by atoms with Crippen molar-refractivity contribution in [2.24, 2.45) is 0 Å². The minimum absolute atomic E-state index is 0.144. The Kier molecular flexibility index (Phi) is 5.96. The van der Waals surface area contributed by atoms with Gasteiger partial charge < -0.3 is 5.32 Å². The number of amides is 1. The normalized spacial score (nSPS) is 11.1. The number of carbonyl (C=O) groups excluding carboxylic acids is 1. The highest BCUT2D eigenvalue weighted by molar-refractivity contribution is 7.92. The molecule has 0 aliphatic heterocycles. The standard InChI is InChI=1S/C20H16ClFN2O3S/c21-16-10-8-14(9-11-16)13-23-20(25)15-4-3-5-17(12-15)28(26,27)24-19-7-2-1-6-18(19)22/h1-12,24H,13H2,(H,23,25). The van der Waals surface area contributed by atoms with Gasteiger partial charge in [0, 0.05) is 17.1 Å². The van der Waals surface area contributed by atoms with Crippen LogP contribution in [0.5, 0.6) is 0 Å². The van der Waals surface area contributed by atoms with Crippen LogP contribution in [0.25, 0.3) is 0 Å². The van der Waals surface area contributed by atoms with E-state index in [1.165, 1.54) is 42.5 Å². The lowest BCUT2D eigenvalue weighted by atomic mass is 10.2. The number of para-hydroxylation sites is 1. The Morgan fingerprint density at radius 3 is 2.39 bits per heavy atom. The third-order valence-corrected chi connectivity index (χ3v) is 5.51. The molecule has 28 heavy (non-hydrogen) atoms. The Labute approximate surface area is 167 Å². The fraction of sp³-hybridized carbons (Fsp3) is 0.0500. The number of halogens is 2. The van der Waals surface area contributed by atoms with Crippen LogP contribution >= 0.6 is 11.6 Å². The van der Waals surface area contributed by atoms with Gasteiger partial charge in [0.15, 0.2) is 0 Å². The van der Waals surface area contributed by atoms with Gasteiger partial charge in [-0.3, -0.25) is 9.52 Å². The van der Waals surface area contributed by atoms with Crippen molar-refractivity contribution in [3.63, 3.8) is 0 Å². The number of hydrogen-bond donors (Lipinski definition) is 2. The third-order valence-electron chi connectivity index (χ3n) is 3.89. The lowest BCUT2D eigenvalue weighted by Crippen LogP contribution is -2.23. The van der Waals surface area contributed by atoms with Gasteiger partial charge in [-0.2, -0.15) is 0 Å². The van der Waals surface area contributed by atoms with Crippen molar-refractivity contribution in [1.29, 1.82) is 0 Å². The Morgan fingerprint density at radius 1 is 0.964 bits per heavy atom. The molecule has 3 aromatic carbocycles. The van der Waals surface area contributed by atoms with Crippen molar-refractivity contribution < 1.29 is 17.6 Å². The molecule has 8 heteroatoms. The largest absolute Gasteiger partial charge is 0.348 e. The first-order valence-corrected chi connectivity index (χ1v) is 10.1. The van der Waals surface area contributed by atoms with Gasteiger partial charge in [-0.05, 0) is 48.0 Å². The highest BCUT2D eigenvalue weighted by atomic mass is 35.5. The highest BCUT2D eigenvalue weighted by Crippen LogP contribution is 2.19. The average Bonchev–Trinajstić information content (AvgIpc) is 2.69. The molecule has 5 nitrogen and oxygen atoms in total. The molecule has 0 spiro atoms. The molecule has 0 aliphatic rings. The van der Waals surface area contributed by atoms with E-state index in [0.29, 0.717) is 5.02 Å². The van der Waals surface area contributed by atoms with E-state index in [1.54, 1.807) is 24.3 Å². The maximum absolute atomic E-state index is 13.7. The van der Waals surface area contributed by atoms with Crippen molar-refractivity contribution in [3.8, 4) is 0 Å². The van der Waals surface area contributed by atoms with Crippen LogP contribution < -0.4 is 10.0 Å².